The highest BCUT2D eigenvalue weighted by Crippen LogP contribution is 2.25. The lowest BCUT2D eigenvalue weighted by atomic mass is 9.89. The molecule has 0 aliphatic heterocycles. The molecular formula is C11H17NO2S. The van der Waals surface area contributed by atoms with Gasteiger partial charge in [0.2, 0.25) is 0 Å². The Kier molecular flexibility index (Phi) is 5.56. The molecule has 1 saturated carbocycles. The number of nitriles is 1. The van der Waals surface area contributed by atoms with Gasteiger partial charge in [0, 0.05) is 0 Å². The summed E-state index contributed by atoms with van der Waals surface area (Å²) >= 11 is 1.31. The van der Waals surface area contributed by atoms with Crippen molar-refractivity contribution in [3.63, 3.8) is 0 Å². The normalized spacial score (nSPS) is 25.6. The van der Waals surface area contributed by atoms with E-state index in [4.69, 9.17) is 10.00 Å². The van der Waals surface area contributed by atoms with Crippen molar-refractivity contribution in [2.24, 2.45) is 5.92 Å². The average Bonchev–Trinajstić information content (AvgIpc) is 2.22. The number of carbonyl (C=O) groups excluding carboxylic acids is 1. The van der Waals surface area contributed by atoms with Gasteiger partial charge in [-0.1, -0.05) is 6.92 Å². The molecule has 0 radical (unpaired) electrons. The zero-order chi connectivity index (χ0) is 11.1. The van der Waals surface area contributed by atoms with E-state index in [9.17, 15) is 4.79 Å². The van der Waals surface area contributed by atoms with Crippen LogP contribution >= 0.6 is 11.8 Å². The fourth-order valence-corrected chi connectivity index (χ4v) is 2.18. The number of carbonyl (C=O) groups is 1. The molecular weight excluding hydrogens is 210 g/mol. The van der Waals surface area contributed by atoms with E-state index in [0.717, 1.165) is 31.6 Å². The van der Waals surface area contributed by atoms with E-state index in [1.165, 1.54) is 11.8 Å². The lowest BCUT2D eigenvalue weighted by molar-refractivity contribution is -0.147. The molecule has 15 heavy (non-hydrogen) atoms. The summed E-state index contributed by atoms with van der Waals surface area (Å²) in [6.45, 7) is 2.24. The van der Waals surface area contributed by atoms with Crippen molar-refractivity contribution in [3.05, 3.63) is 0 Å². The molecule has 1 rings (SSSR count). The first kappa shape index (κ1) is 12.4. The lowest BCUT2D eigenvalue weighted by Gasteiger charge is -2.25. The Bertz CT molecular complexity index is 241. The topological polar surface area (TPSA) is 50.1 Å². The zero-order valence-electron chi connectivity index (χ0n) is 9.07. The Morgan fingerprint density at radius 1 is 1.47 bits per heavy atom. The van der Waals surface area contributed by atoms with Crippen LogP contribution in [0.5, 0.6) is 0 Å². The van der Waals surface area contributed by atoms with Crippen LogP contribution in [-0.2, 0) is 9.53 Å². The molecule has 0 saturated heterocycles. The second-order valence-electron chi connectivity index (χ2n) is 4.02. The van der Waals surface area contributed by atoms with Crippen LogP contribution in [0.4, 0.5) is 0 Å². The minimum Gasteiger partial charge on any atom is -0.462 e. The maximum absolute atomic E-state index is 11.3. The van der Waals surface area contributed by atoms with Gasteiger partial charge in [-0.3, -0.25) is 4.79 Å². The molecule has 0 N–H and O–H groups in total. The van der Waals surface area contributed by atoms with E-state index in [-0.39, 0.29) is 12.1 Å². The molecule has 1 aliphatic rings. The van der Waals surface area contributed by atoms with Crippen LogP contribution in [0.3, 0.4) is 0 Å². The fraction of sp³-hybridized carbons (Fsp3) is 0.818. The molecule has 0 atom stereocenters. The van der Waals surface area contributed by atoms with Crippen LogP contribution in [0.2, 0.25) is 0 Å². The minimum absolute atomic E-state index is 0.122. The summed E-state index contributed by atoms with van der Waals surface area (Å²) in [5.41, 5.74) is 0. The van der Waals surface area contributed by atoms with Crippen molar-refractivity contribution in [1.29, 1.82) is 5.26 Å². The van der Waals surface area contributed by atoms with Gasteiger partial charge >= 0.3 is 5.97 Å². The number of rotatable bonds is 4. The number of ether oxygens (including phenoxy) is 1. The third kappa shape index (κ3) is 5.08. The Balaban J connectivity index is 2.13. The van der Waals surface area contributed by atoms with E-state index < -0.39 is 0 Å². The first-order valence-corrected chi connectivity index (χ1v) is 6.52. The standard InChI is InChI=1S/C11H17NO2S/c1-9-2-4-10(5-3-9)14-11(13)8-15-7-6-12/h9-10H,2-5,7-8H2,1H3. The molecule has 0 unspecified atom stereocenters. The fourth-order valence-electron chi connectivity index (χ4n) is 1.75. The van der Waals surface area contributed by atoms with E-state index in [2.05, 4.69) is 6.92 Å². The Labute approximate surface area is 95.2 Å². The SMILES string of the molecule is CC1CCC(OC(=O)CSCC#N)CC1. The number of thioether (sulfide) groups is 1. The Morgan fingerprint density at radius 3 is 2.73 bits per heavy atom. The number of hydrogen-bond acceptors (Lipinski definition) is 4. The zero-order valence-corrected chi connectivity index (χ0v) is 9.89. The van der Waals surface area contributed by atoms with Crippen molar-refractivity contribution in [2.75, 3.05) is 11.5 Å². The predicted molar refractivity (Wildman–Crippen MR) is 60.5 cm³/mol. The summed E-state index contributed by atoms with van der Waals surface area (Å²) in [4.78, 5) is 11.3. The largest absolute Gasteiger partial charge is 0.462 e. The monoisotopic (exact) mass is 227 g/mol. The van der Waals surface area contributed by atoms with E-state index in [1.54, 1.807) is 0 Å². The van der Waals surface area contributed by atoms with Gasteiger partial charge in [-0.15, -0.1) is 11.8 Å². The van der Waals surface area contributed by atoms with Gasteiger partial charge in [0.25, 0.3) is 0 Å². The maximum Gasteiger partial charge on any atom is 0.316 e. The first-order chi connectivity index (χ1) is 7.22. The van der Waals surface area contributed by atoms with Crippen LogP contribution in [0, 0.1) is 17.2 Å². The highest BCUT2D eigenvalue weighted by Gasteiger charge is 2.21. The third-order valence-corrected chi connectivity index (χ3v) is 3.42. The summed E-state index contributed by atoms with van der Waals surface area (Å²) in [5, 5.41) is 8.31. The van der Waals surface area contributed by atoms with Crippen LogP contribution in [-0.4, -0.2) is 23.6 Å². The molecule has 0 aromatic heterocycles. The molecule has 1 aliphatic carbocycles. The van der Waals surface area contributed by atoms with Gasteiger partial charge in [0.1, 0.15) is 6.10 Å². The molecule has 0 bridgehead atoms. The van der Waals surface area contributed by atoms with Crippen LogP contribution in [0.1, 0.15) is 32.6 Å². The highest BCUT2D eigenvalue weighted by atomic mass is 32.2. The van der Waals surface area contributed by atoms with Gasteiger partial charge in [-0.2, -0.15) is 5.26 Å². The molecule has 4 heteroatoms. The van der Waals surface area contributed by atoms with Crippen LogP contribution in [0.15, 0.2) is 0 Å². The Morgan fingerprint density at radius 2 is 2.13 bits per heavy atom. The smallest absolute Gasteiger partial charge is 0.316 e. The van der Waals surface area contributed by atoms with Gasteiger partial charge in [-0.05, 0) is 31.6 Å². The summed E-state index contributed by atoms with van der Waals surface area (Å²) in [7, 11) is 0. The second-order valence-corrected chi connectivity index (χ2v) is 5.01. The second kappa shape index (κ2) is 6.73. The molecule has 0 aromatic carbocycles. The molecule has 0 aromatic rings. The first-order valence-electron chi connectivity index (χ1n) is 5.36. The molecule has 84 valence electrons. The quantitative estimate of drug-likeness (QED) is 0.546. The number of nitrogens with zero attached hydrogens (tertiary/aromatic N) is 1. The van der Waals surface area contributed by atoms with Gasteiger partial charge in [0.15, 0.2) is 0 Å². The van der Waals surface area contributed by atoms with Gasteiger partial charge in [0.05, 0.1) is 17.6 Å². The summed E-state index contributed by atoms with van der Waals surface area (Å²) in [6, 6.07) is 1.99. The maximum atomic E-state index is 11.3. The summed E-state index contributed by atoms with van der Waals surface area (Å²) in [5.74, 6) is 1.26. The molecule has 0 spiro atoms. The lowest BCUT2D eigenvalue weighted by Crippen LogP contribution is -2.24. The minimum atomic E-state index is -0.171. The van der Waals surface area contributed by atoms with Crippen molar-refractivity contribution in [3.8, 4) is 6.07 Å². The molecule has 0 heterocycles. The third-order valence-electron chi connectivity index (χ3n) is 2.65. The van der Waals surface area contributed by atoms with E-state index in [1.807, 2.05) is 6.07 Å². The summed E-state index contributed by atoms with van der Waals surface area (Å²) in [6.07, 6.45) is 4.43. The molecule has 0 amide bonds. The van der Waals surface area contributed by atoms with Crippen LogP contribution < -0.4 is 0 Å². The van der Waals surface area contributed by atoms with E-state index >= 15 is 0 Å². The average molecular weight is 227 g/mol. The number of hydrogen-bond donors (Lipinski definition) is 0. The van der Waals surface area contributed by atoms with Gasteiger partial charge in [-0.25, -0.2) is 0 Å². The summed E-state index contributed by atoms with van der Waals surface area (Å²) < 4.78 is 5.32. The van der Waals surface area contributed by atoms with Crippen molar-refractivity contribution < 1.29 is 9.53 Å². The number of esters is 1. The Hall–Kier alpha value is -0.690. The van der Waals surface area contributed by atoms with Crippen molar-refractivity contribution in [2.45, 2.75) is 38.7 Å². The van der Waals surface area contributed by atoms with Crippen LogP contribution in [0.25, 0.3) is 0 Å². The van der Waals surface area contributed by atoms with Crippen molar-refractivity contribution in [1.82, 2.24) is 0 Å². The van der Waals surface area contributed by atoms with Crippen molar-refractivity contribution >= 4 is 17.7 Å². The molecule has 3 nitrogen and oxygen atoms in total. The predicted octanol–water partition coefficient (Wildman–Crippen LogP) is 2.37. The molecule has 1 fully saturated rings. The van der Waals surface area contributed by atoms with E-state index in [0.29, 0.717) is 11.5 Å². The van der Waals surface area contributed by atoms with Gasteiger partial charge < -0.3 is 4.74 Å². The highest BCUT2D eigenvalue weighted by molar-refractivity contribution is 8.00.